The summed E-state index contributed by atoms with van der Waals surface area (Å²) in [5.41, 5.74) is 8.28. The maximum atomic E-state index is 15.1. The van der Waals surface area contributed by atoms with E-state index < -0.39 is 5.41 Å². The predicted molar refractivity (Wildman–Crippen MR) is 205 cm³/mol. The first-order chi connectivity index (χ1) is 24.8. The smallest absolute Gasteiger partial charge is 0.262 e. The molecule has 2 amide bonds. The van der Waals surface area contributed by atoms with Crippen LogP contribution in [0.4, 0.5) is 0 Å². The summed E-state index contributed by atoms with van der Waals surface area (Å²) in [6, 6.07) is 23.2. The normalized spacial score (nSPS) is 23.5. The van der Waals surface area contributed by atoms with Gasteiger partial charge in [-0.1, -0.05) is 55.7 Å². The van der Waals surface area contributed by atoms with E-state index in [0.29, 0.717) is 24.6 Å². The Balaban J connectivity index is 1.30. The third-order valence-electron chi connectivity index (χ3n) is 11.6. The number of aromatic nitrogens is 1. The van der Waals surface area contributed by atoms with Gasteiger partial charge in [-0.2, -0.15) is 0 Å². The zero-order valence-electron chi connectivity index (χ0n) is 30.2. The first-order valence-electron chi connectivity index (χ1n) is 18.6. The van der Waals surface area contributed by atoms with Crippen molar-refractivity contribution in [3.05, 3.63) is 101 Å². The largest absolute Gasteiger partial charge is 0.489 e. The molecule has 0 bridgehead atoms. The van der Waals surface area contributed by atoms with Gasteiger partial charge in [0.05, 0.1) is 11.1 Å². The molecule has 8 rings (SSSR count). The van der Waals surface area contributed by atoms with E-state index in [-0.39, 0.29) is 23.8 Å². The van der Waals surface area contributed by atoms with E-state index in [9.17, 15) is 4.79 Å². The van der Waals surface area contributed by atoms with Gasteiger partial charge >= 0.3 is 0 Å². The molecule has 4 aromatic rings. The van der Waals surface area contributed by atoms with Crippen LogP contribution in [0, 0.1) is 5.41 Å². The highest BCUT2D eigenvalue weighted by Crippen LogP contribution is 2.66. The minimum atomic E-state index is -0.599. The summed E-state index contributed by atoms with van der Waals surface area (Å²) >= 11 is 1.28. The lowest BCUT2D eigenvalue weighted by atomic mass is 9.81. The van der Waals surface area contributed by atoms with Crippen LogP contribution in [-0.4, -0.2) is 52.8 Å². The summed E-state index contributed by atoms with van der Waals surface area (Å²) in [6.07, 6.45) is 10.6. The molecule has 8 nitrogen and oxygen atoms in total. The quantitative estimate of drug-likeness (QED) is 0.171. The Hall–Kier alpha value is -4.21. The molecule has 2 N–H and O–H groups in total. The lowest BCUT2D eigenvalue weighted by molar-refractivity contribution is -0.136. The molecule has 51 heavy (non-hydrogen) atoms. The van der Waals surface area contributed by atoms with Crippen LogP contribution in [0.25, 0.3) is 22.2 Å². The maximum absolute atomic E-state index is 15.1. The SMILES string of the molecule is CN/C=C1\CCC(C)N1C(=O)C12CC1c1cc(OCc3ccccc3)ccc1-c1c(C3CCCCC3)c3ccc(C(=O)NSN(C)C)cc3n1C2. The lowest BCUT2D eigenvalue weighted by Crippen LogP contribution is -2.41. The average molecular weight is 704 g/mol. The number of likely N-dealkylation sites (tertiary alicyclic amines) is 1. The summed E-state index contributed by atoms with van der Waals surface area (Å²) in [7, 11) is 5.73. The Morgan fingerprint density at radius 3 is 2.59 bits per heavy atom. The third-order valence-corrected chi connectivity index (χ3v) is 12.3. The third kappa shape index (κ3) is 6.12. The van der Waals surface area contributed by atoms with Crippen LogP contribution in [0.5, 0.6) is 5.75 Å². The number of carbonyl (C=O) groups is 2. The van der Waals surface area contributed by atoms with Gasteiger partial charge < -0.3 is 19.5 Å². The average Bonchev–Trinajstić information content (AvgIpc) is 3.68. The first-order valence-corrected chi connectivity index (χ1v) is 19.4. The number of benzene rings is 3. The molecule has 3 heterocycles. The number of nitrogens with zero attached hydrogens (tertiary/aromatic N) is 3. The maximum Gasteiger partial charge on any atom is 0.262 e. The molecule has 266 valence electrons. The number of allylic oxidation sites excluding steroid dienone is 1. The minimum Gasteiger partial charge on any atom is -0.489 e. The number of amides is 2. The number of hydrogen-bond donors (Lipinski definition) is 2. The number of carbonyl (C=O) groups excluding carboxylic acids is 2. The Morgan fingerprint density at radius 1 is 1.02 bits per heavy atom. The minimum absolute atomic E-state index is 0.0704. The number of hydrogen-bond acceptors (Lipinski definition) is 6. The highest BCUT2D eigenvalue weighted by Gasteiger charge is 2.64. The van der Waals surface area contributed by atoms with Gasteiger partial charge in [0.15, 0.2) is 0 Å². The molecule has 2 aliphatic heterocycles. The molecule has 4 aliphatic rings. The van der Waals surface area contributed by atoms with E-state index in [0.717, 1.165) is 54.6 Å². The molecule has 0 spiro atoms. The van der Waals surface area contributed by atoms with Gasteiger partial charge in [0.2, 0.25) is 5.91 Å². The molecule has 0 radical (unpaired) electrons. The van der Waals surface area contributed by atoms with Crippen LogP contribution >= 0.6 is 12.1 Å². The van der Waals surface area contributed by atoms with Gasteiger partial charge in [-0.3, -0.25) is 14.3 Å². The molecule has 3 unspecified atom stereocenters. The summed E-state index contributed by atoms with van der Waals surface area (Å²) < 4.78 is 13.7. The predicted octanol–water partition coefficient (Wildman–Crippen LogP) is 8.35. The monoisotopic (exact) mass is 703 g/mol. The first kappa shape index (κ1) is 33.9. The summed E-state index contributed by atoms with van der Waals surface area (Å²) in [4.78, 5) is 30.7. The Morgan fingerprint density at radius 2 is 1.82 bits per heavy atom. The Labute approximate surface area is 305 Å². The van der Waals surface area contributed by atoms with Crippen LogP contribution in [0.15, 0.2) is 78.6 Å². The van der Waals surface area contributed by atoms with Gasteiger partial charge in [-0.25, -0.2) is 4.31 Å². The Kier molecular flexibility index (Phi) is 9.13. The molecule has 3 aromatic carbocycles. The zero-order chi connectivity index (χ0) is 35.3. The highest BCUT2D eigenvalue weighted by atomic mass is 32.2. The van der Waals surface area contributed by atoms with Gasteiger partial charge in [-0.15, -0.1) is 0 Å². The van der Waals surface area contributed by atoms with Crippen molar-refractivity contribution in [2.45, 2.75) is 89.3 Å². The van der Waals surface area contributed by atoms with Crippen molar-refractivity contribution in [2.24, 2.45) is 5.41 Å². The number of rotatable bonds is 9. The van der Waals surface area contributed by atoms with E-state index in [4.69, 9.17) is 4.74 Å². The molecule has 1 saturated heterocycles. The van der Waals surface area contributed by atoms with Crippen molar-refractivity contribution in [1.29, 1.82) is 0 Å². The zero-order valence-corrected chi connectivity index (χ0v) is 31.0. The van der Waals surface area contributed by atoms with E-state index >= 15 is 4.79 Å². The topological polar surface area (TPSA) is 78.8 Å². The molecule has 1 aromatic heterocycles. The Bertz CT molecular complexity index is 2000. The van der Waals surface area contributed by atoms with Crippen molar-refractivity contribution in [3.63, 3.8) is 0 Å². The standard InChI is InChI=1S/C42H49N5O3S/c1-27-15-17-31(24-43-2)47(27)41(49)42-23-36(42)35-22-32(50-25-28-11-7-5-8-12-28)18-20-33(35)39-38(29-13-9-6-10-14-29)34-19-16-30(21-37(34)46(39)26-42)40(48)44-51-45(3)4/h5,7-8,11-12,16,18-22,24,27,29,36,43H,6,9-10,13-15,17,23,25-26H2,1-4H3,(H,44,48)/b31-24+. The van der Waals surface area contributed by atoms with E-state index in [1.165, 1.54) is 59.2 Å². The van der Waals surface area contributed by atoms with Crippen LogP contribution in [-0.2, 0) is 17.9 Å². The molecule has 2 saturated carbocycles. The lowest BCUT2D eigenvalue weighted by Gasteiger charge is -2.29. The second-order valence-electron chi connectivity index (χ2n) is 15.2. The van der Waals surface area contributed by atoms with Gasteiger partial charge in [-0.05, 0) is 106 Å². The van der Waals surface area contributed by atoms with Crippen LogP contribution in [0.2, 0.25) is 0 Å². The fourth-order valence-corrected chi connectivity index (χ4v) is 9.47. The van der Waals surface area contributed by atoms with E-state index in [1.54, 1.807) is 0 Å². The van der Waals surface area contributed by atoms with Gasteiger partial charge in [0.25, 0.3) is 5.91 Å². The summed E-state index contributed by atoms with van der Waals surface area (Å²) in [6.45, 7) is 3.25. The van der Waals surface area contributed by atoms with Crippen LogP contribution in [0.3, 0.4) is 0 Å². The van der Waals surface area contributed by atoms with E-state index in [2.05, 4.69) is 68.9 Å². The van der Waals surface area contributed by atoms with Crippen molar-refractivity contribution < 1.29 is 14.3 Å². The fraction of sp³-hybridized carbons (Fsp3) is 0.429. The molecular formula is C42H49N5O3S. The molecule has 3 fully saturated rings. The van der Waals surface area contributed by atoms with Gasteiger partial charge in [0, 0.05) is 71.6 Å². The second kappa shape index (κ2) is 13.7. The number of nitrogens with one attached hydrogen (secondary N) is 2. The van der Waals surface area contributed by atoms with Crippen LogP contribution < -0.4 is 14.8 Å². The molecule has 9 heteroatoms. The fourth-order valence-electron chi connectivity index (χ4n) is 9.09. The van der Waals surface area contributed by atoms with E-state index in [1.807, 2.05) is 55.9 Å². The summed E-state index contributed by atoms with van der Waals surface area (Å²) in [5.74, 6) is 1.42. The highest BCUT2D eigenvalue weighted by molar-refractivity contribution is 7.95. The number of fused-ring (bicyclic) bond motifs is 7. The van der Waals surface area contributed by atoms with Crippen molar-refractivity contribution >= 4 is 34.9 Å². The van der Waals surface area contributed by atoms with Gasteiger partial charge in [0.1, 0.15) is 12.4 Å². The van der Waals surface area contributed by atoms with Crippen molar-refractivity contribution in [1.82, 2.24) is 23.8 Å². The molecular weight excluding hydrogens is 655 g/mol. The summed E-state index contributed by atoms with van der Waals surface area (Å²) in [5, 5.41) is 4.41. The van der Waals surface area contributed by atoms with Crippen molar-refractivity contribution in [3.8, 4) is 17.0 Å². The molecule has 2 aliphatic carbocycles. The van der Waals surface area contributed by atoms with Crippen molar-refractivity contribution in [2.75, 3.05) is 21.1 Å². The second-order valence-corrected chi connectivity index (χ2v) is 16.3. The molecule has 3 atom stereocenters. The van der Waals surface area contributed by atoms with Crippen LogP contribution in [0.1, 0.15) is 97.2 Å². The number of ether oxygens (including phenoxy) is 1.